The van der Waals surface area contributed by atoms with Crippen molar-refractivity contribution in [1.29, 1.82) is 0 Å². The van der Waals surface area contributed by atoms with Crippen molar-refractivity contribution >= 4 is 29.9 Å². The van der Waals surface area contributed by atoms with E-state index >= 15 is 0 Å². The smallest absolute Gasteiger partial charge is 0.191 e. The van der Waals surface area contributed by atoms with Crippen molar-refractivity contribution in [1.82, 2.24) is 10.6 Å². The van der Waals surface area contributed by atoms with Crippen molar-refractivity contribution in [3.63, 3.8) is 0 Å². The van der Waals surface area contributed by atoms with Crippen molar-refractivity contribution in [3.8, 4) is 5.75 Å². The van der Waals surface area contributed by atoms with E-state index in [1.165, 1.54) is 5.56 Å². The molecule has 1 aromatic rings. The summed E-state index contributed by atoms with van der Waals surface area (Å²) in [6.07, 6.45) is 0.949. The zero-order chi connectivity index (χ0) is 15.1. The van der Waals surface area contributed by atoms with Gasteiger partial charge in [-0.1, -0.05) is 19.1 Å². The zero-order valence-corrected chi connectivity index (χ0v) is 15.8. The van der Waals surface area contributed by atoms with Crippen LogP contribution in [0, 0.1) is 5.41 Å². The Bertz CT molecular complexity index is 473. The third-order valence-corrected chi connectivity index (χ3v) is 3.67. The molecule has 1 heterocycles. The van der Waals surface area contributed by atoms with Gasteiger partial charge in [0, 0.05) is 25.6 Å². The number of rotatable bonds is 6. The van der Waals surface area contributed by atoms with Crippen molar-refractivity contribution in [2.45, 2.75) is 13.3 Å². The van der Waals surface area contributed by atoms with Gasteiger partial charge in [-0.05, 0) is 24.1 Å². The lowest BCUT2D eigenvalue weighted by Gasteiger charge is -2.38. The second-order valence-corrected chi connectivity index (χ2v) is 5.75. The molecular weight excluding hydrogens is 393 g/mol. The van der Waals surface area contributed by atoms with Crippen LogP contribution in [-0.4, -0.2) is 46.4 Å². The maximum Gasteiger partial charge on any atom is 0.191 e. The Balaban J connectivity index is 0.00000242. The van der Waals surface area contributed by atoms with E-state index in [4.69, 9.17) is 9.47 Å². The molecule has 1 fully saturated rings. The number of hydrogen-bond donors (Lipinski definition) is 2. The molecule has 1 aliphatic heterocycles. The van der Waals surface area contributed by atoms with Crippen LogP contribution in [-0.2, 0) is 11.2 Å². The van der Waals surface area contributed by atoms with Gasteiger partial charge in [-0.2, -0.15) is 0 Å². The third-order valence-electron chi connectivity index (χ3n) is 3.67. The highest BCUT2D eigenvalue weighted by Gasteiger charge is 2.33. The fraction of sp³-hybridized carbons (Fsp3) is 0.562. The van der Waals surface area contributed by atoms with Crippen LogP contribution in [0.2, 0.25) is 0 Å². The van der Waals surface area contributed by atoms with Crippen LogP contribution >= 0.6 is 24.0 Å². The number of methoxy groups -OCH3 is 1. The van der Waals surface area contributed by atoms with Crippen LogP contribution in [0.1, 0.15) is 12.5 Å². The van der Waals surface area contributed by atoms with Gasteiger partial charge in [-0.25, -0.2) is 0 Å². The Morgan fingerprint density at radius 1 is 1.27 bits per heavy atom. The van der Waals surface area contributed by atoms with Crippen molar-refractivity contribution in [2.24, 2.45) is 10.4 Å². The molecule has 22 heavy (non-hydrogen) atoms. The molecular formula is C16H26IN3O2. The molecule has 124 valence electrons. The quantitative estimate of drug-likeness (QED) is 0.421. The summed E-state index contributed by atoms with van der Waals surface area (Å²) in [6, 6.07) is 8.15. The van der Waals surface area contributed by atoms with Gasteiger partial charge < -0.3 is 20.1 Å². The molecule has 0 radical (unpaired) electrons. The summed E-state index contributed by atoms with van der Waals surface area (Å²) in [4.78, 5) is 4.24. The van der Waals surface area contributed by atoms with Gasteiger partial charge in [0.1, 0.15) is 5.75 Å². The van der Waals surface area contributed by atoms with Gasteiger partial charge in [-0.3, -0.25) is 4.99 Å². The summed E-state index contributed by atoms with van der Waals surface area (Å²) < 4.78 is 10.4. The topological polar surface area (TPSA) is 54.9 Å². The van der Waals surface area contributed by atoms with E-state index in [1.54, 1.807) is 14.2 Å². The average Bonchev–Trinajstić information content (AvgIpc) is 2.49. The minimum atomic E-state index is 0. The molecule has 1 aliphatic rings. The summed E-state index contributed by atoms with van der Waals surface area (Å²) in [5, 5.41) is 6.69. The van der Waals surface area contributed by atoms with Gasteiger partial charge >= 0.3 is 0 Å². The number of hydrogen-bond acceptors (Lipinski definition) is 3. The van der Waals surface area contributed by atoms with Gasteiger partial charge in [-0.15, -0.1) is 24.0 Å². The second-order valence-electron chi connectivity index (χ2n) is 5.75. The third kappa shape index (κ3) is 5.64. The van der Waals surface area contributed by atoms with Gasteiger partial charge in [0.15, 0.2) is 5.96 Å². The van der Waals surface area contributed by atoms with Crippen molar-refractivity contribution < 1.29 is 9.47 Å². The molecule has 6 heteroatoms. The van der Waals surface area contributed by atoms with Crippen molar-refractivity contribution in [2.75, 3.05) is 40.5 Å². The predicted octanol–water partition coefficient (Wildman–Crippen LogP) is 2.06. The van der Waals surface area contributed by atoms with E-state index in [1.807, 2.05) is 12.1 Å². The summed E-state index contributed by atoms with van der Waals surface area (Å²) in [5.74, 6) is 1.73. The molecule has 0 atom stereocenters. The zero-order valence-electron chi connectivity index (χ0n) is 13.5. The molecule has 0 aliphatic carbocycles. The summed E-state index contributed by atoms with van der Waals surface area (Å²) in [5.41, 5.74) is 1.52. The SMILES string of the molecule is CN=C(NCCc1ccc(OC)cc1)NCC1(C)COC1.I. The van der Waals surface area contributed by atoms with Gasteiger partial charge in [0.2, 0.25) is 0 Å². The van der Waals surface area contributed by atoms with Crippen LogP contribution in [0.3, 0.4) is 0 Å². The van der Waals surface area contributed by atoms with E-state index in [0.717, 1.165) is 44.4 Å². The van der Waals surface area contributed by atoms with E-state index in [-0.39, 0.29) is 29.4 Å². The fourth-order valence-electron chi connectivity index (χ4n) is 2.19. The first-order chi connectivity index (χ1) is 10.1. The summed E-state index contributed by atoms with van der Waals surface area (Å²) in [6.45, 7) is 5.59. The lowest BCUT2D eigenvalue weighted by molar-refractivity contribution is -0.0971. The molecule has 2 rings (SSSR count). The Kier molecular flexibility index (Phi) is 7.95. The molecule has 0 bridgehead atoms. The van der Waals surface area contributed by atoms with Crippen LogP contribution in [0.15, 0.2) is 29.3 Å². The number of benzene rings is 1. The molecule has 0 spiro atoms. The molecule has 1 saturated heterocycles. The number of aliphatic imine (C=N–C) groups is 1. The maximum absolute atomic E-state index is 5.25. The Labute approximate surface area is 149 Å². The van der Waals surface area contributed by atoms with E-state index in [0.29, 0.717) is 0 Å². The number of nitrogens with zero attached hydrogens (tertiary/aromatic N) is 1. The minimum Gasteiger partial charge on any atom is -0.497 e. The number of ether oxygens (including phenoxy) is 2. The van der Waals surface area contributed by atoms with Crippen molar-refractivity contribution in [3.05, 3.63) is 29.8 Å². The standard InChI is InChI=1S/C16H25N3O2.HI/c1-16(11-21-12-16)10-19-15(17-2)18-9-8-13-4-6-14(20-3)7-5-13;/h4-7H,8-12H2,1-3H3,(H2,17,18,19);1H. The highest BCUT2D eigenvalue weighted by atomic mass is 127. The van der Waals surface area contributed by atoms with Crippen LogP contribution < -0.4 is 15.4 Å². The second kappa shape index (κ2) is 9.19. The Hall–Kier alpha value is -1.02. The van der Waals surface area contributed by atoms with E-state index in [2.05, 4.69) is 34.7 Å². The summed E-state index contributed by atoms with van der Waals surface area (Å²) in [7, 11) is 3.47. The molecule has 0 saturated carbocycles. The molecule has 0 amide bonds. The normalized spacial score (nSPS) is 16.2. The first kappa shape index (κ1) is 19.0. The molecule has 0 aromatic heterocycles. The van der Waals surface area contributed by atoms with Crippen LogP contribution in [0.5, 0.6) is 5.75 Å². The first-order valence-corrected chi connectivity index (χ1v) is 7.30. The van der Waals surface area contributed by atoms with Gasteiger partial charge in [0.25, 0.3) is 0 Å². The fourth-order valence-corrected chi connectivity index (χ4v) is 2.19. The average molecular weight is 419 g/mol. The Morgan fingerprint density at radius 3 is 2.45 bits per heavy atom. The number of nitrogens with one attached hydrogen (secondary N) is 2. The first-order valence-electron chi connectivity index (χ1n) is 7.30. The highest BCUT2D eigenvalue weighted by molar-refractivity contribution is 14.0. The summed E-state index contributed by atoms with van der Waals surface area (Å²) >= 11 is 0. The van der Waals surface area contributed by atoms with E-state index < -0.39 is 0 Å². The lowest BCUT2D eigenvalue weighted by atomic mass is 9.89. The van der Waals surface area contributed by atoms with E-state index in [9.17, 15) is 0 Å². The van der Waals surface area contributed by atoms with Crippen LogP contribution in [0.25, 0.3) is 0 Å². The number of halogens is 1. The lowest BCUT2D eigenvalue weighted by Crippen LogP contribution is -2.51. The highest BCUT2D eigenvalue weighted by Crippen LogP contribution is 2.24. The molecule has 2 N–H and O–H groups in total. The Morgan fingerprint density at radius 2 is 1.95 bits per heavy atom. The molecule has 5 nitrogen and oxygen atoms in total. The minimum absolute atomic E-state index is 0. The van der Waals surface area contributed by atoms with Crippen LogP contribution in [0.4, 0.5) is 0 Å². The van der Waals surface area contributed by atoms with Gasteiger partial charge in [0.05, 0.1) is 20.3 Å². The molecule has 1 aromatic carbocycles. The predicted molar refractivity (Wildman–Crippen MR) is 100 cm³/mol. The maximum atomic E-state index is 5.25. The monoisotopic (exact) mass is 419 g/mol. The number of guanidine groups is 1. The molecule has 0 unspecified atom stereocenters. The largest absolute Gasteiger partial charge is 0.497 e.